The van der Waals surface area contributed by atoms with Crippen LogP contribution >= 0.6 is 11.8 Å². The monoisotopic (exact) mass is 567 g/mol. The van der Waals surface area contributed by atoms with E-state index in [4.69, 9.17) is 9.29 Å². The summed E-state index contributed by atoms with van der Waals surface area (Å²) in [7, 11) is -4.85. The van der Waals surface area contributed by atoms with E-state index in [-0.39, 0.29) is 40.2 Å². The van der Waals surface area contributed by atoms with E-state index in [1.807, 2.05) is 0 Å². The number of benzene rings is 1. The Kier molecular flexibility index (Phi) is 7.40. The highest BCUT2D eigenvalue weighted by Gasteiger charge is 2.58. The van der Waals surface area contributed by atoms with Crippen molar-refractivity contribution < 1.29 is 41.3 Å². The Bertz CT molecular complexity index is 1440. The summed E-state index contributed by atoms with van der Waals surface area (Å²) in [5.74, 6) is -2.57. The van der Waals surface area contributed by atoms with Gasteiger partial charge in [0.2, 0.25) is 5.91 Å². The molecule has 3 atom stereocenters. The summed E-state index contributed by atoms with van der Waals surface area (Å²) < 4.78 is 41.1. The number of nitro benzene ring substituents is 1. The van der Waals surface area contributed by atoms with Crippen molar-refractivity contribution in [3.8, 4) is 0 Å². The lowest BCUT2D eigenvalue weighted by atomic mass is 9.83. The van der Waals surface area contributed by atoms with E-state index in [9.17, 15) is 38.2 Å². The molecule has 0 unspecified atom stereocenters. The standard InChI is InChI=1S/C20H17N5O11S2/c1-10(36-38(32,33)34)16-14-6-15(37-20-21-7-13(8-22-20)25(30)31)17(23(14)18(16)26)19(27)35-9-11-2-4-12(5-3-11)24(28)29/h2-5,7-8,10,14,16H,6,9H2,1H3,(H,32,33,34)/t10-,14+,16-/m0/s1. The van der Waals surface area contributed by atoms with Gasteiger partial charge in [0, 0.05) is 23.5 Å². The van der Waals surface area contributed by atoms with Gasteiger partial charge in [-0.2, -0.15) is 8.42 Å². The molecule has 0 bridgehead atoms. The maximum atomic E-state index is 13.1. The number of carbonyl (C=O) groups excluding carboxylic acids is 2. The van der Waals surface area contributed by atoms with Crippen LogP contribution in [-0.2, 0) is 35.5 Å². The maximum absolute atomic E-state index is 13.1. The number of carbonyl (C=O) groups is 2. The number of thioether (sulfide) groups is 1. The molecular weight excluding hydrogens is 550 g/mol. The van der Waals surface area contributed by atoms with Crippen molar-refractivity contribution in [2.24, 2.45) is 5.92 Å². The lowest BCUT2D eigenvalue weighted by Crippen LogP contribution is -2.62. The molecule has 1 aromatic heterocycles. The summed E-state index contributed by atoms with van der Waals surface area (Å²) in [6.45, 7) is 1.01. The Hall–Kier alpha value is -4.00. The quantitative estimate of drug-likeness (QED) is 0.108. The number of aromatic nitrogens is 2. The Morgan fingerprint density at radius 1 is 1.18 bits per heavy atom. The van der Waals surface area contributed by atoms with Crippen molar-refractivity contribution in [1.82, 2.24) is 14.9 Å². The first-order chi connectivity index (χ1) is 17.9. The van der Waals surface area contributed by atoms with Crippen LogP contribution in [0.25, 0.3) is 0 Å². The topological polar surface area (TPSA) is 222 Å². The number of non-ortho nitro benzene ring substituents is 1. The lowest BCUT2D eigenvalue weighted by molar-refractivity contribution is -0.385. The van der Waals surface area contributed by atoms with Crippen LogP contribution in [0, 0.1) is 26.1 Å². The van der Waals surface area contributed by atoms with Gasteiger partial charge in [-0.1, -0.05) is 11.8 Å². The van der Waals surface area contributed by atoms with Crippen LogP contribution in [0.3, 0.4) is 0 Å². The summed E-state index contributed by atoms with van der Waals surface area (Å²) in [4.78, 5) is 55.6. The zero-order chi connectivity index (χ0) is 27.8. The van der Waals surface area contributed by atoms with Crippen LogP contribution in [0.4, 0.5) is 11.4 Å². The molecule has 0 aliphatic carbocycles. The molecule has 4 rings (SSSR count). The zero-order valence-corrected chi connectivity index (χ0v) is 20.8. The molecular formula is C20H17N5O11S2. The number of hydrogen-bond acceptors (Lipinski definition) is 13. The average molecular weight is 568 g/mol. The van der Waals surface area contributed by atoms with E-state index in [1.165, 1.54) is 31.2 Å². The second-order valence-electron chi connectivity index (χ2n) is 8.09. The van der Waals surface area contributed by atoms with Crippen molar-refractivity contribution in [2.45, 2.75) is 37.3 Å². The van der Waals surface area contributed by atoms with Gasteiger partial charge in [-0.25, -0.2) is 18.9 Å². The predicted octanol–water partition coefficient (Wildman–Crippen LogP) is 1.78. The molecule has 1 saturated heterocycles. The molecule has 2 aliphatic rings. The number of nitro groups is 2. The van der Waals surface area contributed by atoms with Crippen molar-refractivity contribution >= 4 is 45.4 Å². The van der Waals surface area contributed by atoms with E-state index < -0.39 is 50.2 Å². The van der Waals surface area contributed by atoms with E-state index in [1.54, 1.807) is 0 Å². The molecule has 3 heterocycles. The molecule has 38 heavy (non-hydrogen) atoms. The minimum absolute atomic E-state index is 0.0417. The van der Waals surface area contributed by atoms with E-state index in [0.717, 1.165) is 29.1 Å². The molecule has 2 aromatic rings. The second kappa shape index (κ2) is 10.4. The molecule has 1 N–H and O–H groups in total. The highest BCUT2D eigenvalue weighted by atomic mass is 32.3. The Morgan fingerprint density at radius 3 is 2.34 bits per heavy atom. The summed E-state index contributed by atoms with van der Waals surface area (Å²) in [5.41, 5.74) is -0.214. The fraction of sp³-hybridized carbons (Fsp3) is 0.300. The molecule has 2 aliphatic heterocycles. The number of rotatable bonds is 10. The van der Waals surface area contributed by atoms with E-state index >= 15 is 0 Å². The zero-order valence-electron chi connectivity index (χ0n) is 19.2. The van der Waals surface area contributed by atoms with Gasteiger partial charge < -0.3 is 9.64 Å². The first-order valence-corrected chi connectivity index (χ1v) is 12.8. The van der Waals surface area contributed by atoms with Crippen LogP contribution in [0.2, 0.25) is 0 Å². The Balaban J connectivity index is 1.57. The van der Waals surface area contributed by atoms with Crippen LogP contribution in [-0.4, -0.2) is 61.7 Å². The van der Waals surface area contributed by atoms with Gasteiger partial charge in [0.25, 0.3) is 5.69 Å². The maximum Gasteiger partial charge on any atom is 0.397 e. The van der Waals surface area contributed by atoms with Crippen LogP contribution in [0.15, 0.2) is 52.4 Å². The van der Waals surface area contributed by atoms with E-state index in [2.05, 4.69) is 14.2 Å². The third-order valence-corrected chi connectivity index (χ3v) is 7.24. The van der Waals surface area contributed by atoms with Crippen LogP contribution < -0.4 is 0 Å². The minimum atomic E-state index is -4.85. The number of ether oxygens (including phenoxy) is 1. The van der Waals surface area contributed by atoms with E-state index in [0.29, 0.717) is 5.56 Å². The summed E-state index contributed by atoms with van der Waals surface area (Å²) >= 11 is 0.868. The largest absolute Gasteiger partial charge is 0.456 e. The molecule has 16 nitrogen and oxygen atoms in total. The SMILES string of the molecule is C[C@H](OS(=O)(=O)O)[C@@H]1C(=O)N2C(C(=O)OCc3ccc([N+](=O)[O-])cc3)=C(Sc3ncc([N+](=O)[O-])cn3)C[C@H]12. The first kappa shape index (κ1) is 27.0. The van der Waals surface area contributed by atoms with Gasteiger partial charge in [-0.15, -0.1) is 0 Å². The summed E-state index contributed by atoms with van der Waals surface area (Å²) in [6.07, 6.45) is 0.767. The predicted molar refractivity (Wildman–Crippen MR) is 125 cm³/mol. The summed E-state index contributed by atoms with van der Waals surface area (Å²) in [6, 6.07) is 4.57. The van der Waals surface area contributed by atoms with Gasteiger partial charge in [0.1, 0.15) is 24.7 Å². The van der Waals surface area contributed by atoms with Gasteiger partial charge >= 0.3 is 22.1 Å². The molecule has 200 valence electrons. The highest BCUT2D eigenvalue weighted by Crippen LogP contribution is 2.49. The second-order valence-corrected chi connectivity index (χ2v) is 10.2. The van der Waals surface area contributed by atoms with Gasteiger partial charge in [-0.05, 0) is 24.6 Å². The van der Waals surface area contributed by atoms with Crippen molar-refractivity contribution in [2.75, 3.05) is 0 Å². The molecule has 0 saturated carbocycles. The number of β-lactam (4-membered cyclic amide) rings is 1. The Morgan fingerprint density at radius 2 is 1.79 bits per heavy atom. The number of nitrogens with zero attached hydrogens (tertiary/aromatic N) is 5. The molecule has 1 fully saturated rings. The normalized spacial score (nSPS) is 19.5. The third-order valence-electron chi connectivity index (χ3n) is 5.70. The molecule has 0 radical (unpaired) electrons. The number of fused-ring (bicyclic) bond motifs is 1. The van der Waals surface area contributed by atoms with Crippen molar-refractivity contribution in [1.29, 1.82) is 0 Å². The van der Waals surface area contributed by atoms with Crippen molar-refractivity contribution in [3.63, 3.8) is 0 Å². The third kappa shape index (κ3) is 5.62. The van der Waals surface area contributed by atoms with Crippen LogP contribution in [0.5, 0.6) is 0 Å². The fourth-order valence-electron chi connectivity index (χ4n) is 4.05. The average Bonchev–Trinajstić information content (AvgIpc) is 3.15. The lowest BCUT2D eigenvalue weighted by Gasteiger charge is -2.45. The number of amides is 1. The highest BCUT2D eigenvalue weighted by molar-refractivity contribution is 8.03. The number of hydrogen-bond donors (Lipinski definition) is 1. The minimum Gasteiger partial charge on any atom is -0.456 e. The molecule has 0 spiro atoms. The first-order valence-electron chi connectivity index (χ1n) is 10.6. The van der Waals surface area contributed by atoms with Gasteiger partial charge in [0.15, 0.2) is 5.16 Å². The van der Waals surface area contributed by atoms with Crippen LogP contribution in [0.1, 0.15) is 18.9 Å². The van der Waals surface area contributed by atoms with Gasteiger partial charge in [0.05, 0.1) is 27.9 Å². The smallest absolute Gasteiger partial charge is 0.397 e. The number of esters is 1. The molecule has 1 amide bonds. The van der Waals surface area contributed by atoms with Gasteiger partial charge in [-0.3, -0.25) is 29.6 Å². The molecule has 18 heteroatoms. The molecule has 1 aromatic carbocycles. The van der Waals surface area contributed by atoms with Crippen molar-refractivity contribution in [3.05, 3.63) is 73.1 Å². The summed E-state index contributed by atoms with van der Waals surface area (Å²) in [5, 5.41) is 21.7. The fourth-order valence-corrected chi connectivity index (χ4v) is 5.51. The Labute approximate surface area is 217 Å².